The highest BCUT2D eigenvalue weighted by atomic mass is 32.2. The van der Waals surface area contributed by atoms with Gasteiger partial charge in [0, 0.05) is 6.54 Å². The van der Waals surface area contributed by atoms with Crippen molar-refractivity contribution in [1.82, 2.24) is 10.0 Å². The van der Waals surface area contributed by atoms with Crippen molar-refractivity contribution in [1.29, 1.82) is 0 Å². The van der Waals surface area contributed by atoms with Gasteiger partial charge >= 0.3 is 12.1 Å². The predicted octanol–water partition coefficient (Wildman–Crippen LogP) is -0.588. The van der Waals surface area contributed by atoms with E-state index in [4.69, 9.17) is 15.0 Å². The standard InChI is InChI=1S/C6H15N3O2S.C2HF3O2/c7-12(10,11)9-3-1-2-6-4-8-5-6;3-2(4,5)1(6)7/h6,8-9H,1-5H2,(H2,7,10,11);(H,6,7). The van der Waals surface area contributed by atoms with Gasteiger partial charge in [-0.25, -0.2) is 14.7 Å². The molecule has 1 fully saturated rings. The molecular weight excluding hydrogens is 291 g/mol. The van der Waals surface area contributed by atoms with Gasteiger partial charge in [-0.1, -0.05) is 0 Å². The van der Waals surface area contributed by atoms with Gasteiger partial charge in [-0.15, -0.1) is 0 Å². The predicted molar refractivity (Wildman–Crippen MR) is 60.4 cm³/mol. The molecule has 0 atom stereocenters. The summed E-state index contributed by atoms with van der Waals surface area (Å²) >= 11 is 0. The van der Waals surface area contributed by atoms with Gasteiger partial charge in [-0.05, 0) is 31.8 Å². The zero-order valence-electron chi connectivity index (χ0n) is 9.90. The maximum absolute atomic E-state index is 10.6. The van der Waals surface area contributed by atoms with Crippen molar-refractivity contribution >= 4 is 16.2 Å². The lowest BCUT2D eigenvalue weighted by atomic mass is 9.98. The van der Waals surface area contributed by atoms with Gasteiger partial charge in [0.1, 0.15) is 0 Å². The summed E-state index contributed by atoms with van der Waals surface area (Å²) in [6.07, 6.45) is -3.15. The SMILES string of the molecule is NS(=O)(=O)NCCCC1CNC1.O=C(O)C(F)(F)F. The highest BCUT2D eigenvalue weighted by Crippen LogP contribution is 2.13. The zero-order valence-corrected chi connectivity index (χ0v) is 10.7. The Morgan fingerprint density at radius 2 is 1.89 bits per heavy atom. The average Bonchev–Trinajstić information content (AvgIpc) is 2.12. The summed E-state index contributed by atoms with van der Waals surface area (Å²) in [7, 11) is -3.48. The van der Waals surface area contributed by atoms with E-state index in [1.165, 1.54) is 0 Å². The van der Waals surface area contributed by atoms with E-state index in [0.717, 1.165) is 31.8 Å². The van der Waals surface area contributed by atoms with Crippen molar-refractivity contribution in [3.8, 4) is 0 Å². The number of hydrogen-bond acceptors (Lipinski definition) is 4. The summed E-state index contributed by atoms with van der Waals surface area (Å²) < 4.78 is 54.8. The van der Waals surface area contributed by atoms with E-state index < -0.39 is 22.4 Å². The highest BCUT2D eigenvalue weighted by molar-refractivity contribution is 7.87. The third kappa shape index (κ3) is 10.7. The number of halogens is 3. The first-order chi connectivity index (χ1) is 8.52. The van der Waals surface area contributed by atoms with Crippen LogP contribution in [0.1, 0.15) is 12.8 Å². The normalized spacial score (nSPS) is 16.2. The molecule has 1 aliphatic heterocycles. The molecule has 19 heavy (non-hydrogen) atoms. The van der Waals surface area contributed by atoms with Crippen molar-refractivity contribution in [2.24, 2.45) is 11.1 Å². The lowest BCUT2D eigenvalue weighted by Crippen LogP contribution is -2.42. The molecule has 1 saturated heterocycles. The van der Waals surface area contributed by atoms with Crippen LogP contribution in [0.25, 0.3) is 0 Å². The third-order valence-corrected chi connectivity index (χ3v) is 2.81. The lowest BCUT2D eigenvalue weighted by molar-refractivity contribution is -0.192. The Kier molecular flexibility index (Phi) is 7.26. The minimum atomic E-state index is -5.08. The van der Waals surface area contributed by atoms with Crippen LogP contribution in [-0.2, 0) is 15.0 Å². The number of carbonyl (C=O) groups is 1. The third-order valence-electron chi connectivity index (χ3n) is 2.20. The minimum absolute atomic E-state index is 0.454. The number of carboxylic acid groups (broad SMARTS) is 1. The molecule has 0 radical (unpaired) electrons. The van der Waals surface area contributed by atoms with Crippen LogP contribution in [0, 0.1) is 5.92 Å². The molecule has 0 aromatic carbocycles. The number of aliphatic carboxylic acids is 1. The Labute approximate surface area is 108 Å². The fourth-order valence-corrected chi connectivity index (χ4v) is 1.59. The van der Waals surface area contributed by atoms with E-state index in [9.17, 15) is 21.6 Å². The first kappa shape index (κ1) is 18.1. The lowest BCUT2D eigenvalue weighted by Gasteiger charge is -2.26. The van der Waals surface area contributed by atoms with Crippen molar-refractivity contribution in [3.05, 3.63) is 0 Å². The molecule has 0 spiro atoms. The molecule has 0 bridgehead atoms. The van der Waals surface area contributed by atoms with Gasteiger partial charge in [0.25, 0.3) is 10.2 Å². The summed E-state index contributed by atoms with van der Waals surface area (Å²) in [6.45, 7) is 2.58. The van der Waals surface area contributed by atoms with Crippen molar-refractivity contribution in [2.45, 2.75) is 19.0 Å². The van der Waals surface area contributed by atoms with E-state index in [1.807, 2.05) is 0 Å². The quantitative estimate of drug-likeness (QED) is 0.506. The molecule has 0 saturated carbocycles. The van der Waals surface area contributed by atoms with Gasteiger partial charge in [0.15, 0.2) is 0 Å². The van der Waals surface area contributed by atoms with E-state index in [0.29, 0.717) is 6.54 Å². The number of rotatable bonds is 5. The fraction of sp³-hybridized carbons (Fsp3) is 0.875. The monoisotopic (exact) mass is 307 g/mol. The number of carboxylic acids is 1. The van der Waals surface area contributed by atoms with Crippen LogP contribution in [0.3, 0.4) is 0 Å². The molecule has 1 aliphatic rings. The van der Waals surface area contributed by atoms with Crippen LogP contribution in [0.15, 0.2) is 0 Å². The van der Waals surface area contributed by atoms with Crippen LogP contribution in [0.2, 0.25) is 0 Å². The van der Waals surface area contributed by atoms with Gasteiger partial charge in [-0.3, -0.25) is 0 Å². The van der Waals surface area contributed by atoms with Crippen molar-refractivity contribution in [2.75, 3.05) is 19.6 Å². The van der Waals surface area contributed by atoms with E-state index in [2.05, 4.69) is 10.0 Å². The second-order valence-corrected chi connectivity index (χ2v) is 5.29. The van der Waals surface area contributed by atoms with Crippen molar-refractivity contribution < 1.29 is 31.5 Å². The molecule has 0 aromatic heterocycles. The summed E-state index contributed by atoms with van der Waals surface area (Å²) in [6, 6.07) is 0. The highest BCUT2D eigenvalue weighted by Gasteiger charge is 2.38. The van der Waals surface area contributed by atoms with Crippen LogP contribution in [-0.4, -0.2) is 45.3 Å². The largest absolute Gasteiger partial charge is 0.490 e. The molecule has 1 rings (SSSR count). The fourth-order valence-electron chi connectivity index (χ4n) is 1.16. The minimum Gasteiger partial charge on any atom is -0.475 e. The van der Waals surface area contributed by atoms with Gasteiger partial charge in [0.2, 0.25) is 0 Å². The molecule has 0 amide bonds. The van der Waals surface area contributed by atoms with Crippen LogP contribution >= 0.6 is 0 Å². The Morgan fingerprint density at radius 3 is 2.16 bits per heavy atom. The summed E-state index contributed by atoms with van der Waals surface area (Å²) in [5.74, 6) is -2.03. The second kappa shape index (κ2) is 7.62. The topological polar surface area (TPSA) is 122 Å². The Hall–Kier alpha value is -0.910. The maximum atomic E-state index is 10.6. The summed E-state index contributed by atoms with van der Waals surface area (Å²) in [5.41, 5.74) is 0. The molecule has 114 valence electrons. The Morgan fingerprint density at radius 1 is 1.42 bits per heavy atom. The van der Waals surface area contributed by atoms with Crippen molar-refractivity contribution in [3.63, 3.8) is 0 Å². The number of nitrogens with one attached hydrogen (secondary N) is 2. The number of alkyl halides is 3. The zero-order chi connectivity index (χ0) is 15.1. The molecule has 5 N–H and O–H groups in total. The second-order valence-electron chi connectivity index (χ2n) is 3.91. The smallest absolute Gasteiger partial charge is 0.475 e. The Bertz CT molecular complexity index is 381. The number of hydrogen-bond donors (Lipinski definition) is 4. The van der Waals surface area contributed by atoms with E-state index >= 15 is 0 Å². The number of nitrogens with two attached hydrogens (primary N) is 1. The average molecular weight is 307 g/mol. The molecule has 0 aromatic rings. The molecule has 11 heteroatoms. The first-order valence-electron chi connectivity index (χ1n) is 5.30. The maximum Gasteiger partial charge on any atom is 0.490 e. The van der Waals surface area contributed by atoms with Crippen LogP contribution < -0.4 is 15.2 Å². The van der Waals surface area contributed by atoms with Crippen LogP contribution in [0.5, 0.6) is 0 Å². The van der Waals surface area contributed by atoms with E-state index in [-0.39, 0.29) is 0 Å². The first-order valence-corrected chi connectivity index (χ1v) is 6.85. The van der Waals surface area contributed by atoms with Gasteiger partial charge in [0.05, 0.1) is 0 Å². The summed E-state index contributed by atoms with van der Waals surface area (Å²) in [5, 5.41) is 15.0. The van der Waals surface area contributed by atoms with E-state index in [1.54, 1.807) is 0 Å². The molecular formula is C8H16F3N3O4S. The molecule has 0 unspecified atom stereocenters. The van der Waals surface area contributed by atoms with Gasteiger partial charge in [-0.2, -0.15) is 21.6 Å². The summed E-state index contributed by atoms with van der Waals surface area (Å²) in [4.78, 5) is 8.90. The molecule has 7 nitrogen and oxygen atoms in total. The van der Waals surface area contributed by atoms with Crippen LogP contribution in [0.4, 0.5) is 13.2 Å². The molecule has 1 heterocycles. The van der Waals surface area contributed by atoms with Gasteiger partial charge < -0.3 is 10.4 Å². The molecule has 0 aliphatic carbocycles. The Balaban J connectivity index is 0.000000399.